The van der Waals surface area contributed by atoms with Gasteiger partial charge in [0.2, 0.25) is 11.8 Å². The third-order valence-corrected chi connectivity index (χ3v) is 6.11. The molecule has 1 heterocycles. The minimum Gasteiger partial charge on any atom is -0.469 e. The molecule has 7 nitrogen and oxygen atoms in total. The maximum absolute atomic E-state index is 13.9. The van der Waals surface area contributed by atoms with E-state index in [0.29, 0.717) is 31.7 Å². The van der Waals surface area contributed by atoms with Crippen molar-refractivity contribution < 1.29 is 23.5 Å². The van der Waals surface area contributed by atoms with Crippen molar-refractivity contribution in [2.45, 2.75) is 44.7 Å². The molecule has 30 heavy (non-hydrogen) atoms. The van der Waals surface area contributed by atoms with Gasteiger partial charge in [-0.15, -0.1) is 0 Å². The first-order valence-electron chi connectivity index (χ1n) is 10.6. The number of nitrogens with zero attached hydrogens (tertiary/aromatic N) is 2. The molecule has 8 heteroatoms. The van der Waals surface area contributed by atoms with Gasteiger partial charge in [-0.05, 0) is 24.8 Å². The number of esters is 1. The maximum atomic E-state index is 13.9. The van der Waals surface area contributed by atoms with Gasteiger partial charge in [0.05, 0.1) is 13.2 Å². The summed E-state index contributed by atoms with van der Waals surface area (Å²) in [6.07, 6.45) is 3.96. The lowest BCUT2D eigenvalue weighted by molar-refractivity contribution is -0.147. The lowest BCUT2D eigenvalue weighted by Crippen LogP contribution is -2.58. The molecule has 0 bridgehead atoms. The number of hydrogen-bond acceptors (Lipinski definition) is 5. The Morgan fingerprint density at radius 3 is 2.43 bits per heavy atom. The second kappa shape index (κ2) is 10.5. The molecule has 1 saturated carbocycles. The van der Waals surface area contributed by atoms with E-state index >= 15 is 0 Å². The molecule has 1 atom stereocenters. The summed E-state index contributed by atoms with van der Waals surface area (Å²) in [5.41, 5.74) is 0.467. The van der Waals surface area contributed by atoms with E-state index in [1.54, 1.807) is 23.1 Å². The Balaban J connectivity index is 1.60. The number of methoxy groups -OCH3 is 1. The highest BCUT2D eigenvalue weighted by molar-refractivity contribution is 5.94. The van der Waals surface area contributed by atoms with Gasteiger partial charge in [0.15, 0.2) is 0 Å². The van der Waals surface area contributed by atoms with Crippen LogP contribution in [0.1, 0.15) is 37.7 Å². The van der Waals surface area contributed by atoms with Gasteiger partial charge in [-0.2, -0.15) is 0 Å². The van der Waals surface area contributed by atoms with Crippen LogP contribution in [0.3, 0.4) is 0 Å². The van der Waals surface area contributed by atoms with Gasteiger partial charge in [-0.1, -0.05) is 31.0 Å². The molecule has 0 aromatic heterocycles. The highest BCUT2D eigenvalue weighted by Gasteiger charge is 2.37. The van der Waals surface area contributed by atoms with Crippen molar-refractivity contribution in [3.8, 4) is 0 Å². The normalized spacial score (nSPS) is 18.8. The Bertz CT molecular complexity index is 759. The number of hydrogen-bond donors (Lipinski definition) is 1. The Morgan fingerprint density at radius 1 is 1.13 bits per heavy atom. The Kier molecular flexibility index (Phi) is 7.79. The zero-order valence-electron chi connectivity index (χ0n) is 17.4. The minimum atomic E-state index is -0.543. The second-order valence-corrected chi connectivity index (χ2v) is 7.97. The minimum absolute atomic E-state index is 0.0838. The average Bonchev–Trinajstić information content (AvgIpc) is 3.28. The Hall–Kier alpha value is -2.48. The number of amides is 2. The largest absolute Gasteiger partial charge is 0.469 e. The van der Waals surface area contributed by atoms with E-state index < -0.39 is 5.97 Å². The number of halogens is 1. The topological polar surface area (TPSA) is 79.0 Å². The molecule has 0 spiro atoms. The molecule has 1 N–H and O–H groups in total. The number of carbonyl (C=O) groups excluding carboxylic acids is 3. The molecule has 1 aliphatic carbocycles. The van der Waals surface area contributed by atoms with Gasteiger partial charge in [0.1, 0.15) is 12.2 Å². The molecule has 2 fully saturated rings. The van der Waals surface area contributed by atoms with Gasteiger partial charge in [-0.25, -0.2) is 4.39 Å². The molecule has 1 aromatic carbocycles. The van der Waals surface area contributed by atoms with Crippen LogP contribution in [0, 0.1) is 11.7 Å². The number of nitrogens with one attached hydrogen (secondary N) is 1. The van der Waals surface area contributed by atoms with E-state index in [1.807, 2.05) is 0 Å². The standard InChI is InChI=1S/C22H30FN3O4/c1-30-20(28)14-19(27)25-10-12-26(13-11-25)21(16-6-2-3-7-16)22(29)24-15-17-8-4-5-9-18(17)23/h4-5,8-9,16,21H,2-3,6-7,10-15H2,1H3,(H,24,29). The summed E-state index contributed by atoms with van der Waals surface area (Å²) in [6.45, 7) is 2.24. The summed E-state index contributed by atoms with van der Waals surface area (Å²) >= 11 is 0. The SMILES string of the molecule is COC(=O)CC(=O)N1CCN(C(C(=O)NCc2ccccc2F)C2CCCC2)CC1. The molecule has 2 aliphatic rings. The maximum Gasteiger partial charge on any atom is 0.315 e. The number of piperazine rings is 1. The van der Waals surface area contributed by atoms with Gasteiger partial charge in [-0.3, -0.25) is 19.3 Å². The van der Waals surface area contributed by atoms with Gasteiger partial charge < -0.3 is 15.0 Å². The quantitative estimate of drug-likeness (QED) is 0.538. The highest BCUT2D eigenvalue weighted by atomic mass is 19.1. The number of ether oxygens (including phenoxy) is 1. The molecule has 1 aromatic rings. The lowest BCUT2D eigenvalue weighted by atomic mass is 9.95. The number of rotatable bonds is 7. The van der Waals surface area contributed by atoms with Crippen molar-refractivity contribution in [2.24, 2.45) is 5.92 Å². The van der Waals surface area contributed by atoms with E-state index in [1.165, 1.54) is 13.2 Å². The van der Waals surface area contributed by atoms with Gasteiger partial charge in [0.25, 0.3) is 0 Å². The van der Waals surface area contributed by atoms with Crippen LogP contribution < -0.4 is 5.32 Å². The fourth-order valence-electron chi connectivity index (χ4n) is 4.44. The molecule has 1 unspecified atom stereocenters. The van der Waals surface area contributed by atoms with E-state index in [4.69, 9.17) is 0 Å². The molecular formula is C22H30FN3O4. The zero-order chi connectivity index (χ0) is 21.5. The van der Waals surface area contributed by atoms with Crippen molar-refractivity contribution >= 4 is 17.8 Å². The van der Waals surface area contributed by atoms with Crippen LogP contribution in [0.5, 0.6) is 0 Å². The molecule has 3 rings (SSSR count). The summed E-state index contributed by atoms with van der Waals surface area (Å²) in [4.78, 5) is 40.5. The third kappa shape index (κ3) is 5.56. The van der Waals surface area contributed by atoms with E-state index in [0.717, 1.165) is 25.7 Å². The van der Waals surface area contributed by atoms with Crippen LogP contribution in [0.15, 0.2) is 24.3 Å². The van der Waals surface area contributed by atoms with Crippen molar-refractivity contribution in [1.82, 2.24) is 15.1 Å². The van der Waals surface area contributed by atoms with Crippen LogP contribution in [0.2, 0.25) is 0 Å². The first-order valence-corrected chi connectivity index (χ1v) is 10.6. The monoisotopic (exact) mass is 419 g/mol. The molecule has 1 aliphatic heterocycles. The van der Waals surface area contributed by atoms with Crippen molar-refractivity contribution in [3.05, 3.63) is 35.6 Å². The Labute approximate surface area is 176 Å². The molecule has 0 radical (unpaired) electrons. The van der Waals surface area contributed by atoms with E-state index in [9.17, 15) is 18.8 Å². The fourth-order valence-corrected chi connectivity index (χ4v) is 4.44. The Morgan fingerprint density at radius 2 is 1.80 bits per heavy atom. The molecule has 1 saturated heterocycles. The first-order chi connectivity index (χ1) is 14.5. The summed E-state index contributed by atoms with van der Waals surface area (Å²) in [6, 6.07) is 6.16. The number of benzene rings is 1. The van der Waals surface area contributed by atoms with Crippen LogP contribution in [-0.4, -0.2) is 66.9 Å². The fraction of sp³-hybridized carbons (Fsp3) is 0.591. The van der Waals surface area contributed by atoms with Crippen LogP contribution in [-0.2, 0) is 25.7 Å². The van der Waals surface area contributed by atoms with Crippen molar-refractivity contribution in [1.29, 1.82) is 0 Å². The highest BCUT2D eigenvalue weighted by Crippen LogP contribution is 2.31. The van der Waals surface area contributed by atoms with Gasteiger partial charge in [0, 0.05) is 38.3 Å². The van der Waals surface area contributed by atoms with E-state index in [2.05, 4.69) is 15.0 Å². The second-order valence-electron chi connectivity index (χ2n) is 7.97. The van der Waals surface area contributed by atoms with Crippen molar-refractivity contribution in [2.75, 3.05) is 33.3 Å². The predicted octanol–water partition coefficient (Wildman–Crippen LogP) is 1.71. The molecule has 2 amide bonds. The third-order valence-electron chi connectivity index (χ3n) is 6.11. The lowest BCUT2D eigenvalue weighted by Gasteiger charge is -2.40. The number of carbonyl (C=O) groups is 3. The molecular weight excluding hydrogens is 389 g/mol. The summed E-state index contributed by atoms with van der Waals surface area (Å²) < 4.78 is 18.5. The molecule has 164 valence electrons. The smallest absolute Gasteiger partial charge is 0.315 e. The van der Waals surface area contributed by atoms with Crippen LogP contribution >= 0.6 is 0 Å². The summed E-state index contributed by atoms with van der Waals surface area (Å²) in [5.74, 6) is -0.933. The van der Waals surface area contributed by atoms with E-state index in [-0.39, 0.29) is 42.6 Å². The van der Waals surface area contributed by atoms with Gasteiger partial charge >= 0.3 is 5.97 Å². The van der Waals surface area contributed by atoms with Crippen molar-refractivity contribution in [3.63, 3.8) is 0 Å². The predicted molar refractivity (Wildman–Crippen MR) is 109 cm³/mol. The zero-order valence-corrected chi connectivity index (χ0v) is 17.4. The summed E-state index contributed by atoms with van der Waals surface area (Å²) in [5, 5.41) is 2.92. The average molecular weight is 419 g/mol. The van der Waals surface area contributed by atoms with Crippen LogP contribution in [0.4, 0.5) is 4.39 Å². The summed E-state index contributed by atoms with van der Waals surface area (Å²) in [7, 11) is 1.26. The first kappa shape index (κ1) is 22.2. The van der Waals surface area contributed by atoms with Crippen LogP contribution in [0.25, 0.3) is 0 Å².